The second kappa shape index (κ2) is 7.28. The molecule has 2 amide bonds. The van der Waals surface area contributed by atoms with Crippen molar-refractivity contribution in [3.05, 3.63) is 30.2 Å². The van der Waals surface area contributed by atoms with E-state index in [1.54, 1.807) is 35.1 Å². The van der Waals surface area contributed by atoms with Crippen LogP contribution in [0, 0.1) is 0 Å². The smallest absolute Gasteiger partial charge is 0.323 e. The molecule has 2 aromatic rings. The van der Waals surface area contributed by atoms with Crippen LogP contribution in [0.4, 0.5) is 16.6 Å². The van der Waals surface area contributed by atoms with Gasteiger partial charge < -0.3 is 14.5 Å². The number of anilines is 2. The maximum absolute atomic E-state index is 12.5. The summed E-state index contributed by atoms with van der Waals surface area (Å²) in [6.07, 6.45) is 5.53. The van der Waals surface area contributed by atoms with E-state index >= 15 is 0 Å². The highest BCUT2D eigenvalue weighted by molar-refractivity contribution is 5.88. The van der Waals surface area contributed by atoms with Crippen LogP contribution in [-0.2, 0) is 11.8 Å². The van der Waals surface area contributed by atoms with Crippen molar-refractivity contribution in [1.82, 2.24) is 24.6 Å². The van der Waals surface area contributed by atoms with Crippen LogP contribution in [0.25, 0.3) is 0 Å². The number of aromatic nitrogens is 4. The number of ether oxygens (including phenoxy) is 1. The summed E-state index contributed by atoms with van der Waals surface area (Å²) >= 11 is 0. The predicted molar refractivity (Wildman–Crippen MR) is 96.0 cm³/mol. The zero-order valence-electron chi connectivity index (χ0n) is 14.8. The van der Waals surface area contributed by atoms with Crippen LogP contribution in [0.15, 0.2) is 24.5 Å². The average Bonchev–Trinajstić information content (AvgIpc) is 3.35. The minimum atomic E-state index is -0.245. The zero-order chi connectivity index (χ0) is 17.9. The lowest BCUT2D eigenvalue weighted by Gasteiger charge is -2.32. The van der Waals surface area contributed by atoms with Gasteiger partial charge in [0, 0.05) is 38.9 Å². The van der Waals surface area contributed by atoms with E-state index < -0.39 is 0 Å². The van der Waals surface area contributed by atoms with Gasteiger partial charge in [0.15, 0.2) is 0 Å². The number of urea groups is 1. The molecular formula is C17H23N7O2. The molecule has 9 nitrogen and oxygen atoms in total. The molecule has 1 atom stereocenters. The lowest BCUT2D eigenvalue weighted by molar-refractivity contribution is -0.0157. The average molecular weight is 357 g/mol. The van der Waals surface area contributed by atoms with Crippen molar-refractivity contribution in [2.24, 2.45) is 7.05 Å². The molecule has 0 aromatic carbocycles. The summed E-state index contributed by atoms with van der Waals surface area (Å²) in [5.41, 5.74) is 0.819. The lowest BCUT2D eigenvalue weighted by Crippen LogP contribution is -2.44. The van der Waals surface area contributed by atoms with Gasteiger partial charge in [-0.2, -0.15) is 5.10 Å². The van der Waals surface area contributed by atoms with Gasteiger partial charge in [0.05, 0.1) is 25.0 Å². The third kappa shape index (κ3) is 3.48. The molecule has 4 heterocycles. The number of nitrogens with one attached hydrogen (secondary N) is 1. The quantitative estimate of drug-likeness (QED) is 0.894. The number of carbonyl (C=O) groups excluding carboxylic acids is 1. The molecule has 2 saturated heterocycles. The van der Waals surface area contributed by atoms with Crippen LogP contribution in [0.5, 0.6) is 0 Å². The number of carbonyl (C=O) groups is 1. The van der Waals surface area contributed by atoms with E-state index in [1.165, 1.54) is 12.8 Å². The number of rotatable bonds is 3. The third-order valence-corrected chi connectivity index (χ3v) is 4.79. The van der Waals surface area contributed by atoms with Crippen molar-refractivity contribution in [2.75, 3.05) is 43.0 Å². The van der Waals surface area contributed by atoms with Gasteiger partial charge in [-0.15, -0.1) is 0 Å². The first-order chi connectivity index (χ1) is 12.7. The number of hydrogen-bond acceptors (Lipinski definition) is 6. The first-order valence-electron chi connectivity index (χ1n) is 8.94. The summed E-state index contributed by atoms with van der Waals surface area (Å²) in [5.74, 6) is 1.41. The minimum Gasteiger partial charge on any atom is -0.368 e. The standard InChI is InChI=1S/C17H23N7O2/c1-22-15(5-7-19-22)21-17(25)24-10-11-26-14(12-24)13-4-6-18-16(20-13)23-8-2-3-9-23/h4-7,14H,2-3,8-12H2,1H3,(H,21,25)/t14-/m0/s1. The van der Waals surface area contributed by atoms with Gasteiger partial charge in [-0.05, 0) is 18.9 Å². The van der Waals surface area contributed by atoms with Crippen molar-refractivity contribution in [3.8, 4) is 0 Å². The number of morpholine rings is 1. The molecule has 2 fully saturated rings. The second-order valence-electron chi connectivity index (χ2n) is 6.55. The van der Waals surface area contributed by atoms with Gasteiger partial charge in [-0.1, -0.05) is 0 Å². The van der Waals surface area contributed by atoms with Gasteiger partial charge in [-0.3, -0.25) is 10.00 Å². The Bertz CT molecular complexity index is 772. The number of aryl methyl sites for hydroxylation is 1. The highest BCUT2D eigenvalue weighted by atomic mass is 16.5. The van der Waals surface area contributed by atoms with Crippen molar-refractivity contribution in [3.63, 3.8) is 0 Å². The minimum absolute atomic E-state index is 0.157. The SMILES string of the molecule is Cn1nccc1NC(=O)N1CCO[C@H](c2ccnc(N3CCCC3)n2)C1. The molecule has 0 aliphatic carbocycles. The third-order valence-electron chi connectivity index (χ3n) is 4.79. The van der Waals surface area contributed by atoms with E-state index in [0.717, 1.165) is 24.7 Å². The highest BCUT2D eigenvalue weighted by Gasteiger charge is 2.27. The van der Waals surface area contributed by atoms with Gasteiger partial charge in [-0.25, -0.2) is 14.8 Å². The first kappa shape index (κ1) is 16.8. The van der Waals surface area contributed by atoms with Gasteiger partial charge in [0.2, 0.25) is 5.95 Å². The number of amides is 2. The summed E-state index contributed by atoms with van der Waals surface area (Å²) in [6, 6.07) is 3.48. The molecule has 0 radical (unpaired) electrons. The summed E-state index contributed by atoms with van der Waals surface area (Å²) in [7, 11) is 1.79. The molecule has 2 aliphatic rings. The van der Waals surface area contributed by atoms with Crippen LogP contribution in [0.1, 0.15) is 24.6 Å². The molecule has 0 unspecified atom stereocenters. The largest absolute Gasteiger partial charge is 0.368 e. The molecule has 26 heavy (non-hydrogen) atoms. The predicted octanol–water partition coefficient (Wildman–Crippen LogP) is 1.42. The lowest BCUT2D eigenvalue weighted by atomic mass is 10.2. The monoisotopic (exact) mass is 357 g/mol. The summed E-state index contributed by atoms with van der Waals surface area (Å²) in [6.45, 7) is 3.47. The number of hydrogen-bond donors (Lipinski definition) is 1. The van der Waals surface area contributed by atoms with Crippen molar-refractivity contribution in [1.29, 1.82) is 0 Å². The highest BCUT2D eigenvalue weighted by Crippen LogP contribution is 2.23. The van der Waals surface area contributed by atoms with Crippen molar-refractivity contribution < 1.29 is 9.53 Å². The van der Waals surface area contributed by atoms with Gasteiger partial charge >= 0.3 is 6.03 Å². The topological polar surface area (TPSA) is 88.4 Å². The summed E-state index contributed by atoms with van der Waals surface area (Å²) in [5, 5.41) is 6.94. The van der Waals surface area contributed by atoms with E-state index in [0.29, 0.717) is 25.5 Å². The van der Waals surface area contributed by atoms with Crippen molar-refractivity contribution >= 4 is 17.8 Å². The Morgan fingerprint density at radius 1 is 1.23 bits per heavy atom. The molecule has 0 bridgehead atoms. The normalized spacial score (nSPS) is 20.4. The Labute approximate surface area is 152 Å². The molecule has 1 N–H and O–H groups in total. The Morgan fingerprint density at radius 2 is 2.08 bits per heavy atom. The van der Waals surface area contributed by atoms with Gasteiger partial charge in [0.25, 0.3) is 0 Å². The Hall–Kier alpha value is -2.68. The molecule has 0 spiro atoms. The fourth-order valence-corrected chi connectivity index (χ4v) is 3.31. The second-order valence-corrected chi connectivity index (χ2v) is 6.55. The molecule has 138 valence electrons. The van der Waals surface area contributed by atoms with Crippen LogP contribution >= 0.6 is 0 Å². The van der Waals surface area contributed by atoms with Gasteiger partial charge in [0.1, 0.15) is 11.9 Å². The maximum atomic E-state index is 12.5. The molecule has 2 aliphatic heterocycles. The number of nitrogens with zero attached hydrogens (tertiary/aromatic N) is 6. The van der Waals surface area contributed by atoms with Crippen molar-refractivity contribution in [2.45, 2.75) is 18.9 Å². The Balaban J connectivity index is 1.44. The van der Waals surface area contributed by atoms with E-state index in [-0.39, 0.29) is 12.1 Å². The maximum Gasteiger partial charge on any atom is 0.323 e. The van der Waals surface area contributed by atoms with Crippen LogP contribution < -0.4 is 10.2 Å². The Kier molecular flexibility index (Phi) is 4.70. The first-order valence-corrected chi connectivity index (χ1v) is 8.94. The zero-order valence-corrected chi connectivity index (χ0v) is 14.8. The molecule has 0 saturated carbocycles. The summed E-state index contributed by atoms with van der Waals surface area (Å²) in [4.78, 5) is 25.6. The van der Waals surface area contributed by atoms with Crippen LogP contribution in [-0.4, -0.2) is 63.5 Å². The van der Waals surface area contributed by atoms with Crippen LogP contribution in [0.2, 0.25) is 0 Å². The fraction of sp³-hybridized carbons (Fsp3) is 0.529. The van der Waals surface area contributed by atoms with E-state index in [2.05, 4.69) is 25.3 Å². The summed E-state index contributed by atoms with van der Waals surface area (Å²) < 4.78 is 7.50. The Morgan fingerprint density at radius 3 is 2.85 bits per heavy atom. The van der Waals surface area contributed by atoms with E-state index in [9.17, 15) is 4.79 Å². The van der Waals surface area contributed by atoms with E-state index in [1.807, 2.05) is 6.07 Å². The van der Waals surface area contributed by atoms with Crippen LogP contribution in [0.3, 0.4) is 0 Å². The molecule has 2 aromatic heterocycles. The molecule has 4 rings (SSSR count). The fourth-order valence-electron chi connectivity index (χ4n) is 3.31. The molecule has 9 heteroatoms. The van der Waals surface area contributed by atoms with E-state index in [4.69, 9.17) is 4.74 Å². The molecular weight excluding hydrogens is 334 g/mol.